The number of amides is 1. The van der Waals surface area contributed by atoms with Gasteiger partial charge >= 0.3 is 5.97 Å². The molecule has 1 N–H and O–H groups in total. The fraction of sp³-hybridized carbons (Fsp3) is 0.200. The van der Waals surface area contributed by atoms with Crippen LogP contribution >= 0.6 is 0 Å². The summed E-state index contributed by atoms with van der Waals surface area (Å²) in [5.41, 5.74) is 3.88. The number of nitrogens with one attached hydrogen (secondary N) is 1. The number of hydrogen-bond donors (Lipinski definition) is 1. The first-order valence-corrected chi connectivity index (χ1v) is 10.2. The lowest BCUT2D eigenvalue weighted by atomic mass is 10.1. The number of para-hydroxylation sites is 1. The molecule has 0 atom stereocenters. The van der Waals surface area contributed by atoms with E-state index in [0.717, 1.165) is 28.7 Å². The standard InChI is InChI=1S/C25H24N2O4/c1-3-27-22-7-5-4-6-20(22)21-15-18(10-13-23(21)27)26-24(28)16-31-19-11-8-17(9-12-19)14-25(29)30-2/h4-13,15H,3,14,16H2,1-2H3,(H,26,28). The summed E-state index contributed by atoms with van der Waals surface area (Å²) in [6.07, 6.45) is 0.203. The summed E-state index contributed by atoms with van der Waals surface area (Å²) in [6, 6.07) is 21.2. The number of benzene rings is 3. The van der Waals surface area contributed by atoms with Gasteiger partial charge in [-0.2, -0.15) is 0 Å². The molecule has 1 aromatic heterocycles. The van der Waals surface area contributed by atoms with Gasteiger partial charge in [0.15, 0.2) is 6.61 Å². The van der Waals surface area contributed by atoms with E-state index >= 15 is 0 Å². The molecule has 0 saturated heterocycles. The third-order valence-electron chi connectivity index (χ3n) is 5.24. The zero-order chi connectivity index (χ0) is 21.8. The predicted molar refractivity (Wildman–Crippen MR) is 121 cm³/mol. The zero-order valence-electron chi connectivity index (χ0n) is 17.6. The average Bonchev–Trinajstić information content (AvgIpc) is 3.11. The van der Waals surface area contributed by atoms with Gasteiger partial charge in [0.05, 0.1) is 13.5 Å². The van der Waals surface area contributed by atoms with E-state index in [-0.39, 0.29) is 24.9 Å². The molecule has 3 aromatic carbocycles. The second-order valence-electron chi connectivity index (χ2n) is 7.23. The summed E-state index contributed by atoms with van der Waals surface area (Å²) < 4.78 is 12.5. The van der Waals surface area contributed by atoms with Gasteiger partial charge in [0.25, 0.3) is 5.91 Å². The summed E-state index contributed by atoms with van der Waals surface area (Å²) in [7, 11) is 1.36. The van der Waals surface area contributed by atoms with Crippen LogP contribution in [0.4, 0.5) is 5.69 Å². The molecule has 31 heavy (non-hydrogen) atoms. The summed E-state index contributed by atoms with van der Waals surface area (Å²) in [5, 5.41) is 5.18. The quantitative estimate of drug-likeness (QED) is 0.449. The molecule has 0 fully saturated rings. The van der Waals surface area contributed by atoms with Crippen LogP contribution in [0.1, 0.15) is 12.5 Å². The minimum atomic E-state index is -0.299. The van der Waals surface area contributed by atoms with Crippen LogP contribution in [-0.4, -0.2) is 30.2 Å². The Morgan fingerprint density at radius 2 is 1.68 bits per heavy atom. The number of fused-ring (bicyclic) bond motifs is 3. The minimum Gasteiger partial charge on any atom is -0.484 e. The Labute approximate surface area is 180 Å². The number of anilines is 1. The molecule has 0 unspecified atom stereocenters. The van der Waals surface area contributed by atoms with Crippen LogP contribution in [0.2, 0.25) is 0 Å². The highest BCUT2D eigenvalue weighted by Gasteiger charge is 2.11. The van der Waals surface area contributed by atoms with E-state index in [0.29, 0.717) is 5.75 Å². The number of methoxy groups -OCH3 is 1. The van der Waals surface area contributed by atoms with Gasteiger partial charge in [0, 0.05) is 34.0 Å². The molecule has 1 heterocycles. The van der Waals surface area contributed by atoms with Crippen LogP contribution in [0, 0.1) is 0 Å². The van der Waals surface area contributed by atoms with Crippen molar-refractivity contribution in [3.8, 4) is 5.75 Å². The Morgan fingerprint density at radius 1 is 0.935 bits per heavy atom. The first-order chi connectivity index (χ1) is 15.1. The number of nitrogens with zero attached hydrogens (tertiary/aromatic N) is 1. The highest BCUT2D eigenvalue weighted by Crippen LogP contribution is 2.31. The number of esters is 1. The van der Waals surface area contributed by atoms with Gasteiger partial charge in [0.1, 0.15) is 5.75 Å². The summed E-state index contributed by atoms with van der Waals surface area (Å²) in [4.78, 5) is 23.7. The fourth-order valence-corrected chi connectivity index (χ4v) is 3.76. The van der Waals surface area contributed by atoms with Gasteiger partial charge in [-0.15, -0.1) is 0 Å². The molecule has 0 saturated carbocycles. The number of rotatable bonds is 7. The number of hydrogen-bond acceptors (Lipinski definition) is 4. The zero-order valence-corrected chi connectivity index (χ0v) is 17.6. The Morgan fingerprint density at radius 3 is 2.42 bits per heavy atom. The molecule has 0 bridgehead atoms. The van der Waals surface area contributed by atoms with Crippen molar-refractivity contribution in [2.75, 3.05) is 19.0 Å². The van der Waals surface area contributed by atoms with E-state index in [1.165, 1.54) is 18.0 Å². The molecule has 158 valence electrons. The fourth-order valence-electron chi connectivity index (χ4n) is 3.76. The lowest BCUT2D eigenvalue weighted by Gasteiger charge is -2.09. The molecule has 0 spiro atoms. The molecule has 0 aliphatic heterocycles. The molecule has 4 aromatic rings. The van der Waals surface area contributed by atoms with Crippen LogP contribution in [0.5, 0.6) is 5.75 Å². The SMILES string of the molecule is CCn1c2ccccc2c2cc(NC(=O)COc3ccc(CC(=O)OC)cc3)ccc21. The molecule has 6 nitrogen and oxygen atoms in total. The highest BCUT2D eigenvalue weighted by molar-refractivity contribution is 6.09. The van der Waals surface area contributed by atoms with Crippen LogP contribution in [0.15, 0.2) is 66.7 Å². The Kier molecular flexibility index (Phi) is 5.89. The monoisotopic (exact) mass is 416 g/mol. The summed E-state index contributed by atoms with van der Waals surface area (Å²) in [6.45, 7) is 2.90. The maximum atomic E-state index is 12.4. The molecule has 4 rings (SSSR count). The minimum absolute atomic E-state index is 0.106. The third kappa shape index (κ3) is 4.38. The first kappa shape index (κ1) is 20.5. The topological polar surface area (TPSA) is 69.6 Å². The van der Waals surface area contributed by atoms with E-state index in [9.17, 15) is 9.59 Å². The molecule has 6 heteroatoms. The van der Waals surface area contributed by atoms with Crippen LogP contribution in [0.25, 0.3) is 21.8 Å². The summed E-state index contributed by atoms with van der Waals surface area (Å²) in [5.74, 6) is 0.0227. The molecule has 0 aliphatic carbocycles. The van der Waals surface area contributed by atoms with Gasteiger partial charge in [-0.3, -0.25) is 9.59 Å². The van der Waals surface area contributed by atoms with Crippen LogP contribution in [-0.2, 0) is 27.3 Å². The predicted octanol–water partition coefficient (Wildman–Crippen LogP) is 4.55. The van der Waals surface area contributed by atoms with Crippen molar-refractivity contribution in [1.82, 2.24) is 4.57 Å². The van der Waals surface area contributed by atoms with E-state index in [2.05, 4.69) is 33.7 Å². The van der Waals surface area contributed by atoms with Gasteiger partial charge < -0.3 is 19.4 Å². The van der Waals surface area contributed by atoms with Crippen molar-refractivity contribution in [1.29, 1.82) is 0 Å². The van der Waals surface area contributed by atoms with Crippen molar-refractivity contribution in [2.45, 2.75) is 19.9 Å². The molecule has 1 amide bonds. The largest absolute Gasteiger partial charge is 0.484 e. The van der Waals surface area contributed by atoms with Gasteiger partial charge in [-0.1, -0.05) is 30.3 Å². The maximum absolute atomic E-state index is 12.4. The van der Waals surface area contributed by atoms with Crippen molar-refractivity contribution in [3.63, 3.8) is 0 Å². The van der Waals surface area contributed by atoms with Crippen LogP contribution in [0.3, 0.4) is 0 Å². The highest BCUT2D eigenvalue weighted by atomic mass is 16.5. The summed E-state index contributed by atoms with van der Waals surface area (Å²) >= 11 is 0. The smallest absolute Gasteiger partial charge is 0.309 e. The lowest BCUT2D eigenvalue weighted by molar-refractivity contribution is -0.139. The number of carbonyl (C=O) groups is 2. The average molecular weight is 416 g/mol. The molecular formula is C25H24N2O4. The molecule has 0 aliphatic rings. The maximum Gasteiger partial charge on any atom is 0.309 e. The number of carbonyl (C=O) groups excluding carboxylic acids is 2. The van der Waals surface area contributed by atoms with Crippen molar-refractivity contribution in [3.05, 3.63) is 72.3 Å². The van der Waals surface area contributed by atoms with Crippen molar-refractivity contribution < 1.29 is 19.1 Å². The van der Waals surface area contributed by atoms with E-state index in [4.69, 9.17) is 4.74 Å². The van der Waals surface area contributed by atoms with Crippen molar-refractivity contribution >= 4 is 39.4 Å². The third-order valence-corrected chi connectivity index (χ3v) is 5.24. The number of aromatic nitrogens is 1. The second kappa shape index (κ2) is 8.92. The number of ether oxygens (including phenoxy) is 2. The van der Waals surface area contributed by atoms with Gasteiger partial charge in [0.2, 0.25) is 0 Å². The number of aryl methyl sites for hydroxylation is 1. The van der Waals surface area contributed by atoms with Crippen LogP contribution < -0.4 is 10.1 Å². The van der Waals surface area contributed by atoms with Crippen molar-refractivity contribution in [2.24, 2.45) is 0 Å². The second-order valence-corrected chi connectivity index (χ2v) is 7.23. The molecular weight excluding hydrogens is 392 g/mol. The van der Waals surface area contributed by atoms with Gasteiger partial charge in [-0.25, -0.2) is 0 Å². The Bertz CT molecular complexity index is 1240. The Hall–Kier alpha value is -3.80. The van der Waals surface area contributed by atoms with E-state index < -0.39 is 0 Å². The van der Waals surface area contributed by atoms with E-state index in [1.54, 1.807) is 24.3 Å². The van der Waals surface area contributed by atoms with E-state index in [1.807, 2.05) is 30.3 Å². The Balaban J connectivity index is 1.43. The lowest BCUT2D eigenvalue weighted by Crippen LogP contribution is -2.20. The molecule has 0 radical (unpaired) electrons. The van der Waals surface area contributed by atoms with Gasteiger partial charge in [-0.05, 0) is 48.9 Å². The first-order valence-electron chi connectivity index (χ1n) is 10.2. The normalized spacial score (nSPS) is 10.9.